The van der Waals surface area contributed by atoms with Crippen LogP contribution in [0.2, 0.25) is 0 Å². The van der Waals surface area contributed by atoms with E-state index in [0.717, 1.165) is 37.2 Å². The maximum absolute atomic E-state index is 12.7. The first kappa shape index (κ1) is 16.8. The number of hydrogen-bond acceptors (Lipinski definition) is 3. The molecule has 3 rings (SSSR count). The molecular weight excluding hydrogens is 302 g/mol. The lowest BCUT2D eigenvalue weighted by Gasteiger charge is -2.39. The second kappa shape index (κ2) is 7.24. The number of benzene rings is 1. The fourth-order valence-corrected chi connectivity index (χ4v) is 3.94. The second-order valence-electron chi connectivity index (χ2n) is 6.95. The Morgan fingerprint density at radius 1 is 1.17 bits per heavy atom. The molecule has 24 heavy (non-hydrogen) atoms. The minimum Gasteiger partial charge on any atom is -0.374 e. The summed E-state index contributed by atoms with van der Waals surface area (Å²) in [4.78, 5) is 28.5. The molecule has 2 aliphatic rings. The summed E-state index contributed by atoms with van der Waals surface area (Å²) in [7, 11) is 0. The van der Waals surface area contributed by atoms with Crippen molar-refractivity contribution in [3.63, 3.8) is 0 Å². The average molecular weight is 329 g/mol. The highest BCUT2D eigenvalue weighted by molar-refractivity contribution is 5.98. The van der Waals surface area contributed by atoms with Gasteiger partial charge in [0.25, 0.3) is 0 Å². The zero-order valence-electron chi connectivity index (χ0n) is 14.6. The van der Waals surface area contributed by atoms with Gasteiger partial charge >= 0.3 is 0 Å². The van der Waals surface area contributed by atoms with E-state index in [0.29, 0.717) is 18.5 Å². The van der Waals surface area contributed by atoms with Crippen LogP contribution in [-0.4, -0.2) is 41.9 Å². The van der Waals surface area contributed by atoms with Crippen LogP contribution < -0.4 is 10.2 Å². The van der Waals surface area contributed by atoms with Crippen LogP contribution in [0.5, 0.6) is 0 Å². The number of hydrogen-bond donors (Lipinski definition) is 1. The van der Waals surface area contributed by atoms with Crippen LogP contribution in [0.1, 0.15) is 46.0 Å². The molecule has 0 aromatic heterocycles. The van der Waals surface area contributed by atoms with Gasteiger partial charge in [-0.25, -0.2) is 0 Å². The number of piperidine rings is 1. The summed E-state index contributed by atoms with van der Waals surface area (Å²) < 4.78 is 0. The summed E-state index contributed by atoms with van der Waals surface area (Å²) in [5.74, 6) is 0.297. The number of nitrogens with zero attached hydrogens (tertiary/aromatic N) is 2. The van der Waals surface area contributed by atoms with E-state index in [-0.39, 0.29) is 18.4 Å². The number of anilines is 2. The summed E-state index contributed by atoms with van der Waals surface area (Å²) in [6, 6.07) is 8.36. The number of likely N-dealkylation sites (tertiary alicyclic amines) is 1. The first-order chi connectivity index (χ1) is 11.6. The van der Waals surface area contributed by atoms with Gasteiger partial charge in [-0.05, 0) is 51.7 Å². The first-order valence-electron chi connectivity index (χ1n) is 9.02. The van der Waals surface area contributed by atoms with Crippen molar-refractivity contribution < 1.29 is 9.59 Å². The Hall–Kier alpha value is -2.04. The molecule has 2 saturated heterocycles. The van der Waals surface area contributed by atoms with Gasteiger partial charge in [0.2, 0.25) is 11.8 Å². The van der Waals surface area contributed by atoms with Crippen molar-refractivity contribution in [3.8, 4) is 0 Å². The molecule has 130 valence electrons. The van der Waals surface area contributed by atoms with Gasteiger partial charge in [0.1, 0.15) is 0 Å². The molecule has 0 radical (unpaired) electrons. The predicted molar refractivity (Wildman–Crippen MR) is 96.1 cm³/mol. The molecule has 1 aromatic rings. The van der Waals surface area contributed by atoms with Crippen molar-refractivity contribution in [1.29, 1.82) is 0 Å². The SMILES string of the molecule is C[C@@H]1CCC[C@@H](C)N1C(=O)CNc1ccccc1N1CCCC1=O. The van der Waals surface area contributed by atoms with Crippen molar-refractivity contribution in [2.45, 2.75) is 58.0 Å². The van der Waals surface area contributed by atoms with Gasteiger partial charge < -0.3 is 15.1 Å². The molecule has 0 saturated carbocycles. The van der Waals surface area contributed by atoms with Crippen LogP contribution >= 0.6 is 0 Å². The Bertz CT molecular complexity index is 606. The van der Waals surface area contributed by atoms with Gasteiger partial charge in [-0.3, -0.25) is 9.59 Å². The van der Waals surface area contributed by atoms with E-state index in [9.17, 15) is 9.59 Å². The van der Waals surface area contributed by atoms with Crippen molar-refractivity contribution in [2.75, 3.05) is 23.3 Å². The third-order valence-electron chi connectivity index (χ3n) is 5.18. The number of amides is 2. The van der Waals surface area contributed by atoms with Crippen LogP contribution in [0.3, 0.4) is 0 Å². The van der Waals surface area contributed by atoms with Crippen LogP contribution in [0, 0.1) is 0 Å². The van der Waals surface area contributed by atoms with Gasteiger partial charge in [-0.2, -0.15) is 0 Å². The molecule has 5 heteroatoms. The predicted octanol–water partition coefficient (Wildman–Crippen LogP) is 3.01. The number of carbonyl (C=O) groups excluding carboxylic acids is 2. The second-order valence-corrected chi connectivity index (χ2v) is 6.95. The summed E-state index contributed by atoms with van der Waals surface area (Å²) >= 11 is 0. The minimum absolute atomic E-state index is 0.136. The Balaban J connectivity index is 1.68. The maximum atomic E-state index is 12.7. The quantitative estimate of drug-likeness (QED) is 0.924. The van der Waals surface area contributed by atoms with Gasteiger partial charge in [-0.1, -0.05) is 12.1 Å². The van der Waals surface area contributed by atoms with Gasteiger partial charge in [0.05, 0.1) is 17.9 Å². The van der Waals surface area contributed by atoms with E-state index >= 15 is 0 Å². The zero-order valence-corrected chi connectivity index (χ0v) is 14.6. The lowest BCUT2D eigenvalue weighted by atomic mass is 9.97. The summed E-state index contributed by atoms with van der Waals surface area (Å²) in [5, 5.41) is 3.26. The van der Waals surface area contributed by atoms with E-state index in [1.807, 2.05) is 34.1 Å². The highest BCUT2D eigenvalue weighted by atomic mass is 16.2. The molecule has 0 unspecified atom stereocenters. The van der Waals surface area contributed by atoms with Crippen molar-refractivity contribution >= 4 is 23.2 Å². The standard InChI is InChI=1S/C19H27N3O2/c1-14-7-5-8-15(2)22(14)19(24)13-20-16-9-3-4-10-17(16)21-12-6-11-18(21)23/h3-4,9-10,14-15,20H,5-8,11-13H2,1-2H3/t14-,15-/m1/s1. The lowest BCUT2D eigenvalue weighted by Crippen LogP contribution is -2.49. The normalized spacial score (nSPS) is 24.3. The molecule has 0 spiro atoms. The smallest absolute Gasteiger partial charge is 0.242 e. The molecule has 2 atom stereocenters. The van der Waals surface area contributed by atoms with E-state index in [4.69, 9.17) is 0 Å². The molecule has 2 amide bonds. The molecule has 5 nitrogen and oxygen atoms in total. The molecule has 2 aliphatic heterocycles. The molecule has 2 heterocycles. The third-order valence-corrected chi connectivity index (χ3v) is 5.18. The Labute approximate surface area is 144 Å². The average Bonchev–Trinajstić information content (AvgIpc) is 2.99. The van der Waals surface area contributed by atoms with Crippen molar-refractivity contribution in [2.24, 2.45) is 0 Å². The van der Waals surface area contributed by atoms with Gasteiger partial charge in [0, 0.05) is 25.0 Å². The van der Waals surface area contributed by atoms with Crippen LogP contribution in [0.4, 0.5) is 11.4 Å². The largest absolute Gasteiger partial charge is 0.374 e. The fraction of sp³-hybridized carbons (Fsp3) is 0.579. The van der Waals surface area contributed by atoms with Crippen LogP contribution in [-0.2, 0) is 9.59 Å². The molecule has 1 N–H and O–H groups in total. The highest BCUT2D eigenvalue weighted by Gasteiger charge is 2.29. The zero-order chi connectivity index (χ0) is 17.1. The number of rotatable bonds is 4. The molecule has 0 aliphatic carbocycles. The van der Waals surface area contributed by atoms with Gasteiger partial charge in [0.15, 0.2) is 0 Å². The van der Waals surface area contributed by atoms with E-state index < -0.39 is 0 Å². The molecule has 1 aromatic carbocycles. The molecular formula is C19H27N3O2. The number of carbonyl (C=O) groups is 2. The van der Waals surface area contributed by atoms with E-state index in [1.165, 1.54) is 6.42 Å². The minimum atomic E-state index is 0.136. The summed E-state index contributed by atoms with van der Waals surface area (Å²) in [6.45, 7) is 5.29. The third kappa shape index (κ3) is 3.40. The van der Waals surface area contributed by atoms with Crippen LogP contribution in [0.25, 0.3) is 0 Å². The van der Waals surface area contributed by atoms with Gasteiger partial charge in [-0.15, -0.1) is 0 Å². The summed E-state index contributed by atoms with van der Waals surface area (Å²) in [6.07, 6.45) is 4.86. The fourth-order valence-electron chi connectivity index (χ4n) is 3.94. The van der Waals surface area contributed by atoms with Crippen molar-refractivity contribution in [1.82, 2.24) is 4.90 Å². The first-order valence-corrected chi connectivity index (χ1v) is 9.02. The Kier molecular flexibility index (Phi) is 5.07. The maximum Gasteiger partial charge on any atom is 0.242 e. The van der Waals surface area contributed by atoms with E-state index in [1.54, 1.807) is 0 Å². The molecule has 2 fully saturated rings. The number of para-hydroxylation sites is 2. The summed E-state index contributed by atoms with van der Waals surface area (Å²) in [5.41, 5.74) is 1.74. The monoisotopic (exact) mass is 329 g/mol. The Morgan fingerprint density at radius 2 is 1.88 bits per heavy atom. The van der Waals surface area contributed by atoms with E-state index in [2.05, 4.69) is 19.2 Å². The van der Waals surface area contributed by atoms with Crippen molar-refractivity contribution in [3.05, 3.63) is 24.3 Å². The molecule has 0 bridgehead atoms. The van der Waals surface area contributed by atoms with Crippen LogP contribution in [0.15, 0.2) is 24.3 Å². The Morgan fingerprint density at radius 3 is 2.54 bits per heavy atom. The topological polar surface area (TPSA) is 52.7 Å². The number of nitrogens with one attached hydrogen (secondary N) is 1. The highest BCUT2D eigenvalue weighted by Crippen LogP contribution is 2.29. The lowest BCUT2D eigenvalue weighted by molar-refractivity contribution is -0.135.